The first-order valence-electron chi connectivity index (χ1n) is 8.22. The van der Waals surface area contributed by atoms with Gasteiger partial charge in [0, 0.05) is 17.9 Å². The predicted octanol–water partition coefficient (Wildman–Crippen LogP) is 3.91. The highest BCUT2D eigenvalue weighted by Gasteiger charge is 2.11. The largest absolute Gasteiger partial charge is 0.347 e. The second-order valence-electron chi connectivity index (χ2n) is 5.96. The third-order valence-electron chi connectivity index (χ3n) is 3.89. The quantitative estimate of drug-likeness (QED) is 0.732. The number of benzene rings is 2. The molecule has 2 N–H and O–H groups in total. The maximum atomic E-state index is 13.0. The van der Waals surface area contributed by atoms with Crippen LogP contribution in [0, 0.1) is 19.7 Å². The van der Waals surface area contributed by atoms with Crippen LogP contribution in [0.25, 0.3) is 0 Å². The number of nitrogens with one attached hydrogen (secondary N) is 2. The van der Waals surface area contributed by atoms with Crippen molar-refractivity contribution in [3.05, 3.63) is 82.9 Å². The molecule has 3 rings (SSSR count). The van der Waals surface area contributed by atoms with Crippen molar-refractivity contribution in [2.45, 2.75) is 20.4 Å². The second kappa shape index (κ2) is 7.74. The Morgan fingerprint density at radius 1 is 1.04 bits per heavy atom. The molecule has 3 aromatic rings. The maximum Gasteiger partial charge on any atom is 0.270 e. The van der Waals surface area contributed by atoms with Gasteiger partial charge in [-0.05, 0) is 55.3 Å². The van der Waals surface area contributed by atoms with E-state index in [-0.39, 0.29) is 23.4 Å². The lowest BCUT2D eigenvalue weighted by molar-refractivity contribution is 0.0945. The summed E-state index contributed by atoms with van der Waals surface area (Å²) in [4.78, 5) is 21.0. The molecule has 0 spiro atoms. The van der Waals surface area contributed by atoms with Crippen LogP contribution in [0.5, 0.6) is 0 Å². The molecular formula is C20H19FN4O. The molecule has 0 radical (unpaired) electrons. The number of carbonyl (C=O) groups excluding carboxylic acids is 1. The summed E-state index contributed by atoms with van der Waals surface area (Å²) >= 11 is 0. The number of hydrogen-bond donors (Lipinski definition) is 2. The third-order valence-corrected chi connectivity index (χ3v) is 3.89. The summed E-state index contributed by atoms with van der Waals surface area (Å²) in [6, 6.07) is 15.3. The molecule has 1 heterocycles. The number of amides is 1. The summed E-state index contributed by atoms with van der Waals surface area (Å²) in [6.07, 6.45) is 0. The fourth-order valence-corrected chi connectivity index (χ4v) is 2.48. The molecule has 132 valence electrons. The minimum atomic E-state index is -0.322. The van der Waals surface area contributed by atoms with Crippen LogP contribution in [0.1, 0.15) is 27.3 Å². The van der Waals surface area contributed by atoms with E-state index in [9.17, 15) is 9.18 Å². The van der Waals surface area contributed by atoms with Crippen LogP contribution in [0.15, 0.2) is 54.6 Å². The van der Waals surface area contributed by atoms with E-state index in [1.807, 2.05) is 31.2 Å². The van der Waals surface area contributed by atoms with E-state index in [1.54, 1.807) is 25.1 Å². The zero-order chi connectivity index (χ0) is 18.5. The first-order valence-corrected chi connectivity index (χ1v) is 8.22. The lowest BCUT2D eigenvalue weighted by Crippen LogP contribution is -2.24. The number of halogens is 1. The molecule has 0 saturated carbocycles. The van der Waals surface area contributed by atoms with Gasteiger partial charge in [0.1, 0.15) is 11.5 Å². The molecule has 5 nitrogen and oxygen atoms in total. The number of carbonyl (C=O) groups is 1. The summed E-state index contributed by atoms with van der Waals surface area (Å²) in [5, 5.41) is 5.86. The number of rotatable bonds is 5. The highest BCUT2D eigenvalue weighted by Crippen LogP contribution is 2.15. The molecular weight excluding hydrogens is 331 g/mol. The van der Waals surface area contributed by atoms with Crippen LogP contribution in [-0.2, 0) is 6.54 Å². The average molecular weight is 350 g/mol. The molecule has 1 aromatic heterocycles. The number of aryl methyl sites for hydroxylation is 2. The first-order chi connectivity index (χ1) is 12.5. The van der Waals surface area contributed by atoms with Gasteiger partial charge in [-0.1, -0.05) is 24.3 Å². The normalized spacial score (nSPS) is 10.4. The highest BCUT2D eigenvalue weighted by molar-refractivity contribution is 5.92. The Hall–Kier alpha value is -3.28. The van der Waals surface area contributed by atoms with Crippen molar-refractivity contribution in [3.8, 4) is 0 Å². The molecule has 26 heavy (non-hydrogen) atoms. The third kappa shape index (κ3) is 4.42. The monoisotopic (exact) mass is 350 g/mol. The van der Waals surface area contributed by atoms with Gasteiger partial charge in [0.05, 0.1) is 0 Å². The van der Waals surface area contributed by atoms with Gasteiger partial charge in [0.25, 0.3) is 5.91 Å². The predicted molar refractivity (Wildman–Crippen MR) is 98.8 cm³/mol. The number of hydrogen-bond acceptors (Lipinski definition) is 4. The number of aromatic nitrogens is 2. The Balaban J connectivity index is 1.73. The van der Waals surface area contributed by atoms with Crippen molar-refractivity contribution >= 4 is 17.5 Å². The van der Waals surface area contributed by atoms with Crippen molar-refractivity contribution in [1.82, 2.24) is 15.3 Å². The van der Waals surface area contributed by atoms with Gasteiger partial charge < -0.3 is 10.6 Å². The van der Waals surface area contributed by atoms with E-state index in [4.69, 9.17) is 0 Å². The Morgan fingerprint density at radius 3 is 2.50 bits per heavy atom. The maximum absolute atomic E-state index is 13.0. The lowest BCUT2D eigenvalue weighted by atomic mass is 10.1. The molecule has 0 bridgehead atoms. The summed E-state index contributed by atoms with van der Waals surface area (Å²) in [5.41, 5.74) is 3.74. The SMILES string of the molecule is Cc1cc(C(=O)NCc2ccccc2C)nc(Nc2ccc(F)cc2)n1. The molecule has 0 fully saturated rings. The molecule has 0 atom stereocenters. The van der Waals surface area contributed by atoms with E-state index in [0.717, 1.165) is 11.1 Å². The Morgan fingerprint density at radius 2 is 1.77 bits per heavy atom. The summed E-state index contributed by atoms with van der Waals surface area (Å²) in [7, 11) is 0. The molecule has 0 aliphatic carbocycles. The zero-order valence-electron chi connectivity index (χ0n) is 14.6. The van der Waals surface area contributed by atoms with Crippen LogP contribution in [0.2, 0.25) is 0 Å². The van der Waals surface area contributed by atoms with Crippen molar-refractivity contribution in [3.63, 3.8) is 0 Å². The van der Waals surface area contributed by atoms with Crippen molar-refractivity contribution in [2.24, 2.45) is 0 Å². The zero-order valence-corrected chi connectivity index (χ0v) is 14.6. The standard InChI is InChI=1S/C20H19FN4O/c1-13-5-3-4-6-15(13)12-22-19(26)18-11-14(2)23-20(25-18)24-17-9-7-16(21)8-10-17/h3-11H,12H2,1-2H3,(H,22,26)(H,23,24,25). The van der Waals surface area contributed by atoms with E-state index in [1.165, 1.54) is 12.1 Å². The van der Waals surface area contributed by atoms with E-state index < -0.39 is 0 Å². The molecule has 0 saturated heterocycles. The Bertz CT molecular complexity index is 925. The van der Waals surface area contributed by atoms with Crippen molar-refractivity contribution in [1.29, 1.82) is 0 Å². The van der Waals surface area contributed by atoms with Gasteiger partial charge >= 0.3 is 0 Å². The van der Waals surface area contributed by atoms with E-state index >= 15 is 0 Å². The summed E-state index contributed by atoms with van der Waals surface area (Å²) in [6.45, 7) is 4.21. The van der Waals surface area contributed by atoms with Gasteiger partial charge in [-0.25, -0.2) is 14.4 Å². The van der Waals surface area contributed by atoms with Crippen LogP contribution < -0.4 is 10.6 Å². The topological polar surface area (TPSA) is 66.9 Å². The Kier molecular flexibility index (Phi) is 5.22. The summed E-state index contributed by atoms with van der Waals surface area (Å²) in [5.74, 6) is -0.310. The fourth-order valence-electron chi connectivity index (χ4n) is 2.48. The molecule has 6 heteroatoms. The number of nitrogens with zero attached hydrogens (tertiary/aromatic N) is 2. The molecule has 0 aliphatic rings. The minimum absolute atomic E-state index is 0.274. The first kappa shape index (κ1) is 17.5. The van der Waals surface area contributed by atoms with Crippen LogP contribution in [0.3, 0.4) is 0 Å². The van der Waals surface area contributed by atoms with Crippen LogP contribution in [-0.4, -0.2) is 15.9 Å². The minimum Gasteiger partial charge on any atom is -0.347 e. The molecule has 2 aromatic carbocycles. The van der Waals surface area contributed by atoms with Gasteiger partial charge in [0.2, 0.25) is 5.95 Å². The van der Waals surface area contributed by atoms with Crippen molar-refractivity contribution < 1.29 is 9.18 Å². The molecule has 0 unspecified atom stereocenters. The van der Waals surface area contributed by atoms with Crippen LogP contribution in [0.4, 0.5) is 16.0 Å². The van der Waals surface area contributed by atoms with Gasteiger partial charge in [-0.15, -0.1) is 0 Å². The van der Waals surface area contributed by atoms with E-state index in [0.29, 0.717) is 17.9 Å². The molecule has 1 amide bonds. The fraction of sp³-hybridized carbons (Fsp3) is 0.150. The van der Waals surface area contributed by atoms with Crippen molar-refractivity contribution in [2.75, 3.05) is 5.32 Å². The highest BCUT2D eigenvalue weighted by atomic mass is 19.1. The average Bonchev–Trinajstić information content (AvgIpc) is 2.62. The van der Waals surface area contributed by atoms with Gasteiger partial charge in [-0.3, -0.25) is 4.79 Å². The van der Waals surface area contributed by atoms with Gasteiger partial charge in [0.15, 0.2) is 0 Å². The second-order valence-corrected chi connectivity index (χ2v) is 5.96. The van der Waals surface area contributed by atoms with Gasteiger partial charge in [-0.2, -0.15) is 0 Å². The lowest BCUT2D eigenvalue weighted by Gasteiger charge is -2.10. The number of anilines is 2. The Labute approximate surface area is 151 Å². The summed E-state index contributed by atoms with van der Waals surface area (Å²) < 4.78 is 13.0. The van der Waals surface area contributed by atoms with E-state index in [2.05, 4.69) is 20.6 Å². The smallest absolute Gasteiger partial charge is 0.270 e. The molecule has 0 aliphatic heterocycles. The van der Waals surface area contributed by atoms with Crippen LogP contribution >= 0.6 is 0 Å².